The molecule has 2 aromatic rings. The number of benzene rings is 1. The van der Waals surface area contributed by atoms with Gasteiger partial charge in [-0.1, -0.05) is 18.2 Å². The molecule has 1 atom stereocenters. The number of aromatic nitrogens is 1. The lowest BCUT2D eigenvalue weighted by Crippen LogP contribution is -2.44. The van der Waals surface area contributed by atoms with Gasteiger partial charge in [-0.3, -0.25) is 9.59 Å². The maximum absolute atomic E-state index is 12.8. The lowest BCUT2D eigenvalue weighted by molar-refractivity contribution is -0.140. The summed E-state index contributed by atoms with van der Waals surface area (Å²) in [7, 11) is 0. The maximum Gasteiger partial charge on any atom is 0.242 e. The normalized spacial score (nSPS) is 21.7. The van der Waals surface area contributed by atoms with Crippen LogP contribution >= 0.6 is 11.8 Å². The summed E-state index contributed by atoms with van der Waals surface area (Å²) in [5.41, 5.74) is 2.21. The smallest absolute Gasteiger partial charge is 0.242 e. The van der Waals surface area contributed by atoms with Crippen LogP contribution in [0.1, 0.15) is 31.0 Å². The molecule has 126 valence electrons. The van der Waals surface area contributed by atoms with E-state index in [2.05, 4.69) is 23.2 Å². The summed E-state index contributed by atoms with van der Waals surface area (Å²) in [6, 6.07) is 10.4. The van der Waals surface area contributed by atoms with E-state index >= 15 is 0 Å². The van der Waals surface area contributed by atoms with Gasteiger partial charge >= 0.3 is 0 Å². The molecular formula is C18H21N3O2S. The highest BCUT2D eigenvalue weighted by Gasteiger charge is 2.32. The molecule has 2 aliphatic rings. The highest BCUT2D eigenvalue weighted by molar-refractivity contribution is 8.00. The number of para-hydroxylation sites is 1. The summed E-state index contributed by atoms with van der Waals surface area (Å²) in [4.78, 5) is 31.7. The largest absolute Gasteiger partial charge is 0.357 e. The van der Waals surface area contributed by atoms with Crippen LogP contribution in [-0.2, 0) is 9.59 Å². The van der Waals surface area contributed by atoms with Gasteiger partial charge in [0.2, 0.25) is 11.8 Å². The Kier molecular flexibility index (Phi) is 4.22. The first-order valence-corrected chi connectivity index (χ1v) is 9.60. The van der Waals surface area contributed by atoms with Crippen LogP contribution < -0.4 is 0 Å². The Balaban J connectivity index is 1.56. The van der Waals surface area contributed by atoms with E-state index in [4.69, 9.17) is 0 Å². The van der Waals surface area contributed by atoms with Gasteiger partial charge < -0.3 is 14.8 Å². The van der Waals surface area contributed by atoms with Crippen LogP contribution in [0.15, 0.2) is 30.3 Å². The van der Waals surface area contributed by atoms with E-state index < -0.39 is 0 Å². The van der Waals surface area contributed by atoms with E-state index in [-0.39, 0.29) is 24.4 Å². The third-order valence-corrected chi connectivity index (χ3v) is 5.83. The van der Waals surface area contributed by atoms with Crippen LogP contribution in [0, 0.1) is 0 Å². The average molecular weight is 343 g/mol. The summed E-state index contributed by atoms with van der Waals surface area (Å²) < 4.78 is 0. The maximum atomic E-state index is 12.8. The van der Waals surface area contributed by atoms with Gasteiger partial charge in [-0.2, -0.15) is 0 Å². The molecule has 2 fully saturated rings. The minimum Gasteiger partial charge on any atom is -0.357 e. The number of hydrogen-bond acceptors (Lipinski definition) is 3. The number of carbonyl (C=O) groups excluding carboxylic acids is 2. The topological polar surface area (TPSA) is 56.4 Å². The Morgan fingerprint density at radius 3 is 2.96 bits per heavy atom. The standard InChI is InChI=1S/C18H21N3O2S/c22-17(10-20-12-24-11-18(20)23)21-8-4-3-7-16(21)15-9-13-5-1-2-6-14(13)19-15/h1-2,5-6,9,16,19H,3-4,7-8,10-12H2/t16-/m1/s1. The molecule has 6 heteroatoms. The molecule has 0 radical (unpaired) electrons. The molecular weight excluding hydrogens is 322 g/mol. The van der Waals surface area contributed by atoms with E-state index in [0.29, 0.717) is 11.6 Å². The number of nitrogens with zero attached hydrogens (tertiary/aromatic N) is 2. The second kappa shape index (κ2) is 6.51. The molecule has 1 aromatic heterocycles. The van der Waals surface area contributed by atoms with Crippen molar-refractivity contribution in [3.8, 4) is 0 Å². The molecule has 5 nitrogen and oxygen atoms in total. The van der Waals surface area contributed by atoms with Crippen molar-refractivity contribution in [1.29, 1.82) is 0 Å². The predicted octanol–water partition coefficient (Wildman–Crippen LogP) is 2.75. The number of amides is 2. The average Bonchev–Trinajstić information content (AvgIpc) is 3.21. The molecule has 0 unspecified atom stereocenters. The van der Waals surface area contributed by atoms with Crippen LogP contribution in [0.25, 0.3) is 10.9 Å². The Morgan fingerprint density at radius 1 is 1.29 bits per heavy atom. The second-order valence-electron chi connectivity index (χ2n) is 6.48. The van der Waals surface area contributed by atoms with Crippen molar-refractivity contribution in [2.75, 3.05) is 24.7 Å². The molecule has 0 saturated carbocycles. The first-order valence-electron chi connectivity index (χ1n) is 8.45. The van der Waals surface area contributed by atoms with Crippen LogP contribution in [0.5, 0.6) is 0 Å². The van der Waals surface area contributed by atoms with Gasteiger partial charge in [0.15, 0.2) is 0 Å². The molecule has 4 rings (SSSR count). The van der Waals surface area contributed by atoms with Gasteiger partial charge in [0.05, 0.1) is 17.7 Å². The zero-order valence-electron chi connectivity index (χ0n) is 13.5. The van der Waals surface area contributed by atoms with Crippen LogP contribution in [0.3, 0.4) is 0 Å². The molecule has 3 heterocycles. The molecule has 0 aliphatic carbocycles. The van der Waals surface area contributed by atoms with E-state index in [0.717, 1.165) is 37.0 Å². The quantitative estimate of drug-likeness (QED) is 0.932. The minimum atomic E-state index is 0.0641. The van der Waals surface area contributed by atoms with Gasteiger partial charge in [-0.15, -0.1) is 11.8 Å². The minimum absolute atomic E-state index is 0.0641. The predicted molar refractivity (Wildman–Crippen MR) is 95.6 cm³/mol. The zero-order chi connectivity index (χ0) is 16.5. The highest BCUT2D eigenvalue weighted by Crippen LogP contribution is 2.32. The SMILES string of the molecule is O=C1CSCN1CC(=O)N1CCCC[C@@H]1c1cc2ccccc2[nH]1. The fourth-order valence-electron chi connectivity index (χ4n) is 3.62. The number of piperidine rings is 1. The number of hydrogen-bond donors (Lipinski definition) is 1. The van der Waals surface area contributed by atoms with Crippen LogP contribution in [0.4, 0.5) is 0 Å². The van der Waals surface area contributed by atoms with Crippen molar-refractivity contribution < 1.29 is 9.59 Å². The lowest BCUT2D eigenvalue weighted by atomic mass is 9.99. The summed E-state index contributed by atoms with van der Waals surface area (Å²) in [6.07, 6.45) is 3.13. The molecule has 1 aromatic carbocycles. The summed E-state index contributed by atoms with van der Waals surface area (Å²) >= 11 is 1.58. The van der Waals surface area contributed by atoms with Crippen molar-refractivity contribution >= 4 is 34.5 Å². The molecule has 1 N–H and O–H groups in total. The second-order valence-corrected chi connectivity index (χ2v) is 7.44. The monoisotopic (exact) mass is 343 g/mol. The third-order valence-electron chi connectivity index (χ3n) is 4.88. The van der Waals surface area contributed by atoms with Crippen molar-refractivity contribution in [3.63, 3.8) is 0 Å². The lowest BCUT2D eigenvalue weighted by Gasteiger charge is -2.36. The van der Waals surface area contributed by atoms with Gasteiger partial charge in [0, 0.05) is 17.8 Å². The summed E-state index contributed by atoms with van der Waals surface area (Å²) in [5.74, 6) is 1.27. The fraction of sp³-hybridized carbons (Fsp3) is 0.444. The highest BCUT2D eigenvalue weighted by atomic mass is 32.2. The Morgan fingerprint density at radius 2 is 2.17 bits per heavy atom. The first-order chi connectivity index (χ1) is 11.7. The van der Waals surface area contributed by atoms with Crippen molar-refractivity contribution in [2.24, 2.45) is 0 Å². The van der Waals surface area contributed by atoms with E-state index in [1.54, 1.807) is 16.7 Å². The van der Waals surface area contributed by atoms with E-state index in [1.807, 2.05) is 17.0 Å². The number of likely N-dealkylation sites (tertiary alicyclic amines) is 1. The zero-order valence-corrected chi connectivity index (χ0v) is 14.3. The van der Waals surface area contributed by atoms with Gasteiger partial charge in [0.1, 0.15) is 6.54 Å². The molecule has 2 amide bonds. The number of rotatable bonds is 3. The van der Waals surface area contributed by atoms with Crippen molar-refractivity contribution in [1.82, 2.24) is 14.8 Å². The number of aromatic amines is 1. The Labute approximate surface area is 145 Å². The fourth-order valence-corrected chi connectivity index (χ4v) is 4.53. The summed E-state index contributed by atoms with van der Waals surface area (Å²) in [6.45, 7) is 0.983. The van der Waals surface area contributed by atoms with Gasteiger partial charge in [0.25, 0.3) is 0 Å². The molecule has 0 spiro atoms. The third kappa shape index (κ3) is 2.90. The van der Waals surface area contributed by atoms with Crippen molar-refractivity contribution in [3.05, 3.63) is 36.0 Å². The molecule has 2 saturated heterocycles. The summed E-state index contributed by atoms with van der Waals surface area (Å²) in [5, 5.41) is 1.18. The van der Waals surface area contributed by atoms with E-state index in [1.165, 1.54) is 5.39 Å². The van der Waals surface area contributed by atoms with E-state index in [9.17, 15) is 9.59 Å². The van der Waals surface area contributed by atoms with Gasteiger partial charge in [-0.25, -0.2) is 0 Å². The number of nitrogens with one attached hydrogen (secondary N) is 1. The molecule has 0 bridgehead atoms. The van der Waals surface area contributed by atoms with Gasteiger partial charge in [-0.05, 0) is 36.8 Å². The Hall–Kier alpha value is -1.95. The van der Waals surface area contributed by atoms with Crippen LogP contribution in [-0.4, -0.2) is 51.3 Å². The van der Waals surface area contributed by atoms with Crippen molar-refractivity contribution in [2.45, 2.75) is 25.3 Å². The number of carbonyl (C=O) groups is 2. The number of H-pyrrole nitrogens is 1. The molecule has 2 aliphatic heterocycles. The first kappa shape index (κ1) is 15.6. The van der Waals surface area contributed by atoms with Crippen LogP contribution in [0.2, 0.25) is 0 Å². The number of thioether (sulfide) groups is 1. The molecule has 24 heavy (non-hydrogen) atoms. The Bertz CT molecular complexity index is 739. The number of fused-ring (bicyclic) bond motifs is 1.